The third-order valence-corrected chi connectivity index (χ3v) is 6.90. The number of nitrogens with zero attached hydrogens (tertiary/aromatic N) is 4. The predicted octanol–water partition coefficient (Wildman–Crippen LogP) is 3.69. The molecule has 6 rings (SSSR count). The number of nitrogens with one attached hydrogen (secondary N) is 4. The van der Waals surface area contributed by atoms with Crippen LogP contribution in [0.25, 0.3) is 0 Å². The molecule has 45 heavy (non-hydrogen) atoms. The lowest BCUT2D eigenvalue weighted by atomic mass is 10.2. The molecule has 5 N–H and O–H groups in total. The Balaban J connectivity index is 0.000000178. The largest absolute Gasteiger partial charge is 0.504 e. The number of carbonyl (C=O) groups excluding carboxylic acids is 2. The Morgan fingerprint density at radius 1 is 0.822 bits per heavy atom. The molecular weight excluding hydrogens is 588 g/mol. The summed E-state index contributed by atoms with van der Waals surface area (Å²) in [5.74, 6) is 1.59. The number of imidazole rings is 2. The van der Waals surface area contributed by atoms with Gasteiger partial charge in [0.2, 0.25) is 0 Å². The van der Waals surface area contributed by atoms with Crippen LogP contribution in [0.4, 0.5) is 32.3 Å². The molecule has 0 saturated heterocycles. The first-order valence-corrected chi connectivity index (χ1v) is 13.9. The van der Waals surface area contributed by atoms with Crippen molar-refractivity contribution in [1.82, 2.24) is 19.9 Å². The molecule has 238 valence electrons. The maximum absolute atomic E-state index is 11.5. The van der Waals surface area contributed by atoms with Crippen LogP contribution in [0, 0.1) is 0 Å². The van der Waals surface area contributed by atoms with Gasteiger partial charge in [0.1, 0.15) is 13.2 Å². The normalized spacial score (nSPS) is 13.1. The summed E-state index contributed by atoms with van der Waals surface area (Å²) in [4.78, 5) is 41.1. The van der Waals surface area contributed by atoms with Crippen molar-refractivity contribution in [3.8, 4) is 23.0 Å². The molecule has 2 aliphatic rings. The van der Waals surface area contributed by atoms with Gasteiger partial charge < -0.3 is 48.6 Å². The average Bonchev–Trinajstić information content (AvgIpc) is 3.76. The van der Waals surface area contributed by atoms with E-state index in [2.05, 4.69) is 44.9 Å². The first-order chi connectivity index (χ1) is 21.9. The van der Waals surface area contributed by atoms with Crippen LogP contribution in [0.1, 0.15) is 11.4 Å². The monoisotopic (exact) mass is 622 g/mol. The number of methoxy groups -OCH3 is 3. The topological polar surface area (TPSA) is 188 Å². The van der Waals surface area contributed by atoms with E-state index in [1.54, 1.807) is 44.3 Å². The van der Waals surface area contributed by atoms with Crippen molar-refractivity contribution in [2.24, 2.45) is 0 Å². The summed E-state index contributed by atoms with van der Waals surface area (Å²) in [7, 11) is 4.16. The minimum absolute atomic E-state index is 0.0294. The summed E-state index contributed by atoms with van der Waals surface area (Å²) >= 11 is 0. The number of aromatic amines is 2. The number of aromatic hydroxyl groups is 1. The van der Waals surface area contributed by atoms with Crippen LogP contribution in [0.5, 0.6) is 23.0 Å². The number of ether oxygens (including phenoxy) is 5. The summed E-state index contributed by atoms with van der Waals surface area (Å²) in [6.07, 6.45) is 5.64. The zero-order valence-corrected chi connectivity index (χ0v) is 25.0. The molecule has 0 spiro atoms. The van der Waals surface area contributed by atoms with Crippen LogP contribution < -0.4 is 34.6 Å². The van der Waals surface area contributed by atoms with Crippen molar-refractivity contribution >= 4 is 34.9 Å². The minimum atomic E-state index is -0.601. The maximum Gasteiger partial charge on any atom is 0.411 e. The van der Waals surface area contributed by atoms with Crippen molar-refractivity contribution < 1.29 is 38.4 Å². The van der Waals surface area contributed by atoms with Crippen molar-refractivity contribution in [2.75, 3.05) is 68.1 Å². The number of fused-ring (bicyclic) bond motifs is 2. The summed E-state index contributed by atoms with van der Waals surface area (Å²) in [5, 5.41) is 15.3. The van der Waals surface area contributed by atoms with Crippen LogP contribution in [-0.4, -0.2) is 84.9 Å². The third-order valence-electron chi connectivity index (χ3n) is 6.90. The smallest absolute Gasteiger partial charge is 0.411 e. The SMILES string of the molecule is COC(=O)Nc1cc(O)c2c(c1)N(Cc1cnc[nH]1)CCO2.COC(=O)Nc1cc(OC)c2c(c1)N(Cc1cnc[nH]1)CCO2. The molecule has 0 atom stereocenters. The van der Waals surface area contributed by atoms with E-state index in [4.69, 9.17) is 14.2 Å². The fourth-order valence-electron chi connectivity index (χ4n) is 4.82. The van der Waals surface area contributed by atoms with Gasteiger partial charge in [-0.3, -0.25) is 10.6 Å². The fraction of sp³-hybridized carbons (Fsp3) is 0.310. The van der Waals surface area contributed by atoms with Gasteiger partial charge in [-0.15, -0.1) is 0 Å². The molecular formula is C29H34N8O8. The van der Waals surface area contributed by atoms with Crippen LogP contribution in [0.15, 0.2) is 49.3 Å². The van der Waals surface area contributed by atoms with Crippen LogP contribution in [0.2, 0.25) is 0 Å². The second-order valence-electron chi connectivity index (χ2n) is 9.80. The van der Waals surface area contributed by atoms with Gasteiger partial charge in [-0.25, -0.2) is 19.6 Å². The van der Waals surface area contributed by atoms with Gasteiger partial charge in [-0.05, 0) is 12.1 Å². The second-order valence-corrected chi connectivity index (χ2v) is 9.80. The summed E-state index contributed by atoms with van der Waals surface area (Å²) in [5.41, 5.74) is 4.49. The molecule has 2 amide bonds. The summed E-state index contributed by atoms with van der Waals surface area (Å²) < 4.78 is 25.9. The summed E-state index contributed by atoms with van der Waals surface area (Å²) in [6, 6.07) is 6.71. The van der Waals surface area contributed by atoms with E-state index in [0.717, 1.165) is 23.6 Å². The van der Waals surface area contributed by atoms with Gasteiger partial charge >= 0.3 is 12.2 Å². The van der Waals surface area contributed by atoms with Crippen LogP contribution in [0.3, 0.4) is 0 Å². The predicted molar refractivity (Wildman–Crippen MR) is 163 cm³/mol. The number of phenolic OH excluding ortho intramolecular Hbond substituents is 1. The number of amides is 2. The van der Waals surface area contributed by atoms with E-state index in [0.29, 0.717) is 67.2 Å². The number of aromatic nitrogens is 4. The Labute approximate surface area is 258 Å². The molecule has 0 fully saturated rings. The van der Waals surface area contributed by atoms with Crippen molar-refractivity contribution in [3.63, 3.8) is 0 Å². The molecule has 4 heterocycles. The number of carbonyl (C=O) groups is 2. The molecule has 2 aromatic carbocycles. The number of hydrogen-bond acceptors (Lipinski definition) is 12. The van der Waals surface area contributed by atoms with E-state index in [-0.39, 0.29) is 5.75 Å². The highest BCUT2D eigenvalue weighted by Gasteiger charge is 2.25. The Morgan fingerprint density at radius 3 is 1.82 bits per heavy atom. The molecule has 2 aromatic heterocycles. The van der Waals surface area contributed by atoms with E-state index >= 15 is 0 Å². The highest BCUT2D eigenvalue weighted by Crippen LogP contribution is 2.44. The quantitative estimate of drug-likeness (QED) is 0.201. The lowest BCUT2D eigenvalue weighted by Crippen LogP contribution is -2.32. The highest BCUT2D eigenvalue weighted by atomic mass is 16.5. The first-order valence-electron chi connectivity index (χ1n) is 13.9. The van der Waals surface area contributed by atoms with Crippen molar-refractivity contribution in [1.29, 1.82) is 0 Å². The van der Waals surface area contributed by atoms with Gasteiger partial charge in [0.25, 0.3) is 0 Å². The molecule has 16 heteroatoms. The second kappa shape index (κ2) is 14.1. The molecule has 0 bridgehead atoms. The Kier molecular flexibility index (Phi) is 9.61. The van der Waals surface area contributed by atoms with Gasteiger partial charge in [-0.1, -0.05) is 0 Å². The number of phenols is 1. The number of H-pyrrole nitrogens is 2. The molecule has 0 radical (unpaired) electrons. The van der Waals surface area contributed by atoms with Gasteiger partial charge in [0.05, 0.1) is 94.3 Å². The average molecular weight is 623 g/mol. The first kappa shape index (κ1) is 30.7. The molecule has 0 unspecified atom stereocenters. The Hall–Kier alpha value is -5.80. The van der Waals surface area contributed by atoms with Gasteiger partial charge in [-0.2, -0.15) is 0 Å². The van der Waals surface area contributed by atoms with Crippen LogP contribution in [-0.2, 0) is 22.6 Å². The lowest BCUT2D eigenvalue weighted by molar-refractivity contribution is 0.186. The molecule has 2 aliphatic heterocycles. The zero-order valence-electron chi connectivity index (χ0n) is 25.0. The zero-order chi connectivity index (χ0) is 31.8. The van der Waals surface area contributed by atoms with E-state index in [1.165, 1.54) is 20.3 Å². The van der Waals surface area contributed by atoms with E-state index in [1.807, 2.05) is 11.0 Å². The minimum Gasteiger partial charge on any atom is -0.504 e. The van der Waals surface area contributed by atoms with Crippen molar-refractivity contribution in [2.45, 2.75) is 13.1 Å². The van der Waals surface area contributed by atoms with Gasteiger partial charge in [0, 0.05) is 24.5 Å². The van der Waals surface area contributed by atoms with Crippen LogP contribution >= 0.6 is 0 Å². The van der Waals surface area contributed by atoms with E-state index in [9.17, 15) is 14.7 Å². The number of hydrogen-bond donors (Lipinski definition) is 5. The standard InChI is InChI=1S/C15H18N4O4.C14H16N4O4/c1-21-13-6-10(18-15(20)22-2)5-12-14(13)23-4-3-19(12)8-11-7-16-9-17-11;1-21-14(20)17-9-4-11-13(12(19)5-9)22-3-2-18(11)7-10-6-15-8-16-10/h5-7,9H,3-4,8H2,1-2H3,(H,16,17)(H,18,20);4-6,8,19H,2-3,7H2,1H3,(H,15,16)(H,17,20). The van der Waals surface area contributed by atoms with Crippen molar-refractivity contribution in [3.05, 3.63) is 60.7 Å². The molecule has 0 saturated carbocycles. The number of benzene rings is 2. The number of rotatable bonds is 7. The molecule has 0 aliphatic carbocycles. The number of anilines is 4. The highest BCUT2D eigenvalue weighted by molar-refractivity contribution is 5.88. The Morgan fingerprint density at radius 2 is 1.33 bits per heavy atom. The van der Waals surface area contributed by atoms with E-state index < -0.39 is 12.2 Å². The molecule has 16 nitrogen and oxygen atoms in total. The fourth-order valence-corrected chi connectivity index (χ4v) is 4.82. The van der Waals surface area contributed by atoms with Gasteiger partial charge in [0.15, 0.2) is 23.0 Å². The Bertz CT molecular complexity index is 1600. The third kappa shape index (κ3) is 7.41. The summed E-state index contributed by atoms with van der Waals surface area (Å²) in [6.45, 7) is 3.66. The molecule has 4 aromatic rings. The maximum atomic E-state index is 11.5. The lowest BCUT2D eigenvalue weighted by Gasteiger charge is -2.32.